The van der Waals surface area contributed by atoms with Crippen LogP contribution in [-0.2, 0) is 16.4 Å². The van der Waals surface area contributed by atoms with E-state index in [0.29, 0.717) is 17.8 Å². The van der Waals surface area contributed by atoms with Crippen molar-refractivity contribution in [2.45, 2.75) is 51.3 Å². The summed E-state index contributed by atoms with van der Waals surface area (Å²) in [5, 5.41) is 10.8. The number of hydrogen-bond acceptors (Lipinski definition) is 9. The van der Waals surface area contributed by atoms with Gasteiger partial charge in [-0.1, -0.05) is 39.0 Å². The third-order valence-corrected chi connectivity index (χ3v) is 7.95. The number of halogens is 1. The number of rotatable bonds is 8. The van der Waals surface area contributed by atoms with Crippen LogP contribution in [0.3, 0.4) is 0 Å². The average Bonchev–Trinajstić information content (AvgIpc) is 3.33. The van der Waals surface area contributed by atoms with Crippen LogP contribution in [0.2, 0.25) is 0 Å². The average molecular weight is 539 g/mol. The van der Waals surface area contributed by atoms with E-state index < -0.39 is 20.9 Å². The Hall–Kier alpha value is -3.70. The first-order valence-corrected chi connectivity index (χ1v) is 13.7. The first-order chi connectivity index (χ1) is 17.8. The molecule has 200 valence electrons. The smallest absolute Gasteiger partial charge is 0.270 e. The van der Waals surface area contributed by atoms with Gasteiger partial charge in [0.05, 0.1) is 27.6 Å². The molecule has 2 aromatic carbocycles. The van der Waals surface area contributed by atoms with Crippen LogP contribution in [0, 0.1) is 11.2 Å². The van der Waals surface area contributed by atoms with Gasteiger partial charge in [-0.3, -0.25) is 0 Å². The monoisotopic (exact) mass is 538 g/mol. The Kier molecular flexibility index (Phi) is 7.61. The molecule has 0 atom stereocenters. The maximum Gasteiger partial charge on any atom is 0.270 e. The first kappa shape index (κ1) is 27.3. The number of anilines is 1. The van der Waals surface area contributed by atoms with E-state index in [0.717, 1.165) is 12.1 Å². The highest BCUT2D eigenvalue weighted by molar-refractivity contribution is 7.92. The van der Waals surface area contributed by atoms with Gasteiger partial charge in [-0.05, 0) is 49.1 Å². The Balaban J connectivity index is 1.57. The van der Waals surface area contributed by atoms with Gasteiger partial charge in [-0.15, -0.1) is 10.2 Å². The number of nitrogens with one attached hydrogen (secondary N) is 1. The van der Waals surface area contributed by atoms with Crippen molar-refractivity contribution in [1.29, 1.82) is 0 Å². The van der Waals surface area contributed by atoms with Crippen LogP contribution < -0.4 is 11.1 Å². The zero-order valence-electron chi connectivity index (χ0n) is 22.0. The molecule has 0 fully saturated rings. The molecular weight excluding hydrogens is 507 g/mol. The van der Waals surface area contributed by atoms with Crippen molar-refractivity contribution >= 4 is 15.7 Å². The standard InChI is InChI=1S/C27H31FN6O3S/c1-16(2)38(35,36)19-9-7-18(8-10-19)22-14-31-24(29)23(32-22)26-34-33-25(37-26)20-11-6-17(12-21(20)28)13-30-15-27(3,4)5/h6-12,14,16,30H,13,15H2,1-5H3,(H2,29,31). The molecule has 38 heavy (non-hydrogen) atoms. The lowest BCUT2D eigenvalue weighted by Crippen LogP contribution is -2.26. The van der Waals surface area contributed by atoms with Crippen LogP contribution in [0.15, 0.2) is 58.0 Å². The highest BCUT2D eigenvalue weighted by Crippen LogP contribution is 2.30. The fourth-order valence-corrected chi connectivity index (χ4v) is 4.69. The number of nitrogens with zero attached hydrogens (tertiary/aromatic N) is 4. The van der Waals surface area contributed by atoms with E-state index in [9.17, 15) is 12.8 Å². The Labute approximate surface area is 221 Å². The predicted molar refractivity (Wildman–Crippen MR) is 144 cm³/mol. The Morgan fingerprint density at radius 3 is 2.37 bits per heavy atom. The van der Waals surface area contributed by atoms with Gasteiger partial charge in [0.2, 0.25) is 0 Å². The van der Waals surface area contributed by atoms with Gasteiger partial charge in [0, 0.05) is 18.7 Å². The molecule has 2 aromatic heterocycles. The summed E-state index contributed by atoms with van der Waals surface area (Å²) in [4.78, 5) is 8.90. The summed E-state index contributed by atoms with van der Waals surface area (Å²) >= 11 is 0. The van der Waals surface area contributed by atoms with E-state index >= 15 is 0 Å². The lowest BCUT2D eigenvalue weighted by Gasteiger charge is -2.18. The van der Waals surface area contributed by atoms with Crippen molar-refractivity contribution in [1.82, 2.24) is 25.5 Å². The molecule has 4 aromatic rings. The zero-order valence-corrected chi connectivity index (χ0v) is 22.8. The normalized spacial score (nSPS) is 12.3. The topological polar surface area (TPSA) is 137 Å². The van der Waals surface area contributed by atoms with Gasteiger partial charge >= 0.3 is 0 Å². The molecule has 0 spiro atoms. The molecule has 0 aliphatic heterocycles. The van der Waals surface area contributed by atoms with Crippen molar-refractivity contribution in [2.24, 2.45) is 5.41 Å². The lowest BCUT2D eigenvalue weighted by atomic mass is 9.97. The third kappa shape index (κ3) is 6.05. The second-order valence-corrected chi connectivity index (χ2v) is 13.0. The molecule has 2 heterocycles. The van der Waals surface area contributed by atoms with Crippen LogP contribution in [0.4, 0.5) is 10.2 Å². The van der Waals surface area contributed by atoms with Crippen LogP contribution in [0.5, 0.6) is 0 Å². The summed E-state index contributed by atoms with van der Waals surface area (Å²) in [5.74, 6) is -0.453. The molecule has 0 saturated heterocycles. The van der Waals surface area contributed by atoms with Crippen LogP contribution >= 0.6 is 0 Å². The summed E-state index contributed by atoms with van der Waals surface area (Å²) in [6.07, 6.45) is 1.47. The molecule has 0 amide bonds. The van der Waals surface area contributed by atoms with E-state index in [1.54, 1.807) is 38.1 Å². The largest absolute Gasteiger partial charge is 0.414 e. The lowest BCUT2D eigenvalue weighted by molar-refractivity contribution is 0.379. The van der Waals surface area contributed by atoms with Gasteiger partial charge in [0.1, 0.15) is 5.82 Å². The number of benzene rings is 2. The number of nitrogen functional groups attached to an aromatic ring is 1. The third-order valence-electron chi connectivity index (χ3n) is 5.78. The van der Waals surface area contributed by atoms with Crippen LogP contribution in [0.25, 0.3) is 34.3 Å². The van der Waals surface area contributed by atoms with Crippen molar-refractivity contribution in [2.75, 3.05) is 12.3 Å². The first-order valence-electron chi connectivity index (χ1n) is 12.2. The van der Waals surface area contributed by atoms with Crippen LogP contribution in [0.1, 0.15) is 40.2 Å². The summed E-state index contributed by atoms with van der Waals surface area (Å²) < 4.78 is 45.4. The zero-order chi connectivity index (χ0) is 27.7. The minimum atomic E-state index is -3.40. The maximum atomic E-state index is 14.9. The summed E-state index contributed by atoms with van der Waals surface area (Å²) in [7, 11) is -3.40. The fraction of sp³-hybridized carbons (Fsp3) is 0.333. The minimum absolute atomic E-state index is 0.0125. The molecule has 0 bridgehead atoms. The Morgan fingerprint density at radius 1 is 1.05 bits per heavy atom. The molecule has 0 unspecified atom stereocenters. The molecular formula is C27H31FN6O3S. The Morgan fingerprint density at radius 2 is 1.74 bits per heavy atom. The molecule has 9 nitrogen and oxygen atoms in total. The molecule has 4 rings (SSSR count). The molecule has 0 aliphatic carbocycles. The highest BCUT2D eigenvalue weighted by Gasteiger charge is 2.21. The van der Waals surface area contributed by atoms with Crippen molar-refractivity contribution in [3.63, 3.8) is 0 Å². The maximum absolute atomic E-state index is 14.9. The molecule has 0 saturated carbocycles. The second kappa shape index (κ2) is 10.6. The quantitative estimate of drug-likeness (QED) is 0.321. The molecule has 3 N–H and O–H groups in total. The summed E-state index contributed by atoms with van der Waals surface area (Å²) in [6.45, 7) is 11.0. The number of nitrogens with two attached hydrogens (primary N) is 1. The van der Waals surface area contributed by atoms with Gasteiger partial charge in [0.25, 0.3) is 11.8 Å². The molecule has 0 aliphatic rings. The van der Waals surface area contributed by atoms with Gasteiger partial charge in [-0.2, -0.15) is 0 Å². The van der Waals surface area contributed by atoms with Crippen molar-refractivity contribution < 1.29 is 17.2 Å². The summed E-state index contributed by atoms with van der Waals surface area (Å²) in [5.41, 5.74) is 8.31. The molecule has 0 radical (unpaired) electrons. The predicted octanol–water partition coefficient (Wildman–Crippen LogP) is 4.90. The second-order valence-electron chi connectivity index (χ2n) is 10.5. The summed E-state index contributed by atoms with van der Waals surface area (Å²) in [6, 6.07) is 11.2. The van der Waals surface area contributed by atoms with E-state index in [4.69, 9.17) is 10.2 Å². The van der Waals surface area contributed by atoms with E-state index in [-0.39, 0.29) is 39.2 Å². The van der Waals surface area contributed by atoms with Crippen LogP contribution in [-0.4, -0.2) is 40.4 Å². The Bertz CT molecular complexity index is 1540. The van der Waals surface area contributed by atoms with Gasteiger partial charge in [0.15, 0.2) is 21.3 Å². The van der Waals surface area contributed by atoms with E-state index in [1.165, 1.54) is 24.4 Å². The molecule has 11 heteroatoms. The van der Waals surface area contributed by atoms with Crippen molar-refractivity contribution in [3.05, 3.63) is 60.0 Å². The number of aromatic nitrogens is 4. The SMILES string of the molecule is CC(C)S(=O)(=O)c1ccc(-c2cnc(N)c(-c3nnc(-c4ccc(CNCC(C)(C)C)cc4F)o3)n2)cc1. The van der Waals surface area contributed by atoms with E-state index in [1.807, 2.05) is 0 Å². The minimum Gasteiger partial charge on any atom is -0.414 e. The van der Waals surface area contributed by atoms with E-state index in [2.05, 4.69) is 46.3 Å². The van der Waals surface area contributed by atoms with Crippen molar-refractivity contribution in [3.8, 4) is 34.3 Å². The van der Waals surface area contributed by atoms with Gasteiger partial charge < -0.3 is 15.5 Å². The number of hydrogen-bond donors (Lipinski definition) is 2. The highest BCUT2D eigenvalue weighted by atomic mass is 32.2. The van der Waals surface area contributed by atoms with Gasteiger partial charge in [-0.25, -0.2) is 22.8 Å². The fourth-order valence-electron chi connectivity index (χ4n) is 3.63. The number of sulfone groups is 1.